The molecule has 0 fully saturated rings. The number of imidazole rings is 1. The molecule has 6 heteroatoms. The molecule has 0 radical (unpaired) electrons. The maximum Gasteiger partial charge on any atom is 0.168 e. The minimum absolute atomic E-state index is 0.0741. The van der Waals surface area contributed by atoms with Gasteiger partial charge in [0, 0.05) is 12.8 Å². The highest BCUT2D eigenvalue weighted by Gasteiger charge is 2.09. The highest BCUT2D eigenvalue weighted by atomic mass is 32.2. The van der Waals surface area contributed by atoms with Crippen molar-refractivity contribution in [2.24, 2.45) is 7.05 Å². The first-order chi connectivity index (χ1) is 9.15. The van der Waals surface area contributed by atoms with Crippen LogP contribution >= 0.6 is 11.8 Å². The van der Waals surface area contributed by atoms with E-state index in [-0.39, 0.29) is 12.4 Å². The fraction of sp³-hybridized carbons (Fsp3) is 0.231. The maximum absolute atomic E-state index is 13.7. The van der Waals surface area contributed by atoms with Gasteiger partial charge in [0.1, 0.15) is 5.82 Å². The Hall–Kier alpha value is -1.84. The number of aliphatic hydroxyl groups excluding tert-OH is 1. The largest absolute Gasteiger partial charge is 0.390 e. The number of halogens is 1. The van der Waals surface area contributed by atoms with E-state index in [1.54, 1.807) is 29.9 Å². The molecule has 0 saturated heterocycles. The summed E-state index contributed by atoms with van der Waals surface area (Å²) in [6.07, 6.45) is 1.59. The fourth-order valence-corrected chi connectivity index (χ4v) is 2.54. The Bertz CT molecular complexity index is 633. The van der Waals surface area contributed by atoms with E-state index in [0.717, 1.165) is 0 Å². The third-order valence-corrected chi connectivity index (χ3v) is 3.84. The molecule has 19 heavy (non-hydrogen) atoms. The van der Waals surface area contributed by atoms with Crippen LogP contribution in [-0.4, -0.2) is 14.7 Å². The van der Waals surface area contributed by atoms with Crippen LogP contribution < -0.4 is 0 Å². The Morgan fingerprint density at radius 1 is 1.53 bits per heavy atom. The Kier molecular flexibility index (Phi) is 4.20. The van der Waals surface area contributed by atoms with Crippen LogP contribution in [0, 0.1) is 17.1 Å². The summed E-state index contributed by atoms with van der Waals surface area (Å²) in [5.41, 5.74) is 1.55. The Labute approximate surface area is 114 Å². The lowest BCUT2D eigenvalue weighted by Gasteiger charge is -2.05. The molecule has 1 aromatic heterocycles. The van der Waals surface area contributed by atoms with Gasteiger partial charge in [0.05, 0.1) is 30.1 Å². The monoisotopic (exact) mass is 277 g/mol. The molecule has 0 aliphatic carbocycles. The van der Waals surface area contributed by atoms with Gasteiger partial charge in [0.25, 0.3) is 0 Å². The van der Waals surface area contributed by atoms with E-state index in [9.17, 15) is 4.39 Å². The number of hydrogen-bond acceptors (Lipinski definition) is 4. The summed E-state index contributed by atoms with van der Waals surface area (Å²) in [5, 5.41) is 18.4. The van der Waals surface area contributed by atoms with E-state index >= 15 is 0 Å². The molecule has 2 aromatic rings. The Balaban J connectivity index is 2.10. The van der Waals surface area contributed by atoms with Crippen molar-refractivity contribution in [3.63, 3.8) is 0 Å². The summed E-state index contributed by atoms with van der Waals surface area (Å²) in [5.74, 6) is 0.0379. The van der Waals surface area contributed by atoms with Crippen molar-refractivity contribution in [1.82, 2.24) is 9.55 Å². The maximum atomic E-state index is 13.7. The van der Waals surface area contributed by atoms with Crippen LogP contribution in [0.2, 0.25) is 0 Å². The average molecular weight is 277 g/mol. The standard InChI is InChI=1S/C13H12FN3OS/c1-17-11(7-18)6-16-13(17)19-8-10-3-2-9(5-15)4-12(10)14/h2-4,6,18H,7-8H2,1H3. The van der Waals surface area contributed by atoms with Crippen LogP contribution in [0.15, 0.2) is 29.6 Å². The molecule has 0 unspecified atom stereocenters. The van der Waals surface area contributed by atoms with Gasteiger partial charge in [-0.3, -0.25) is 0 Å². The molecular formula is C13H12FN3OS. The topological polar surface area (TPSA) is 61.8 Å². The lowest BCUT2D eigenvalue weighted by molar-refractivity contribution is 0.271. The lowest BCUT2D eigenvalue weighted by Crippen LogP contribution is -1.98. The van der Waals surface area contributed by atoms with Crippen molar-refractivity contribution in [3.05, 3.63) is 47.0 Å². The van der Waals surface area contributed by atoms with Gasteiger partial charge < -0.3 is 9.67 Å². The lowest BCUT2D eigenvalue weighted by atomic mass is 10.1. The van der Waals surface area contributed by atoms with E-state index in [4.69, 9.17) is 10.4 Å². The highest BCUT2D eigenvalue weighted by Crippen LogP contribution is 2.23. The number of aliphatic hydroxyl groups is 1. The van der Waals surface area contributed by atoms with Crippen LogP contribution in [0.3, 0.4) is 0 Å². The van der Waals surface area contributed by atoms with Crippen molar-refractivity contribution in [2.75, 3.05) is 0 Å². The highest BCUT2D eigenvalue weighted by molar-refractivity contribution is 7.98. The smallest absolute Gasteiger partial charge is 0.168 e. The van der Waals surface area contributed by atoms with Crippen LogP contribution in [0.25, 0.3) is 0 Å². The van der Waals surface area contributed by atoms with Crippen LogP contribution in [-0.2, 0) is 19.4 Å². The van der Waals surface area contributed by atoms with Gasteiger partial charge in [-0.2, -0.15) is 5.26 Å². The van der Waals surface area contributed by atoms with E-state index in [2.05, 4.69) is 4.98 Å². The van der Waals surface area contributed by atoms with Crippen molar-refractivity contribution in [1.29, 1.82) is 5.26 Å². The number of hydrogen-bond donors (Lipinski definition) is 1. The average Bonchev–Trinajstić information content (AvgIpc) is 2.78. The van der Waals surface area contributed by atoms with Crippen molar-refractivity contribution in [2.45, 2.75) is 17.5 Å². The molecule has 0 atom stereocenters. The second kappa shape index (κ2) is 5.87. The van der Waals surface area contributed by atoms with Gasteiger partial charge in [0.2, 0.25) is 0 Å². The molecule has 1 N–H and O–H groups in total. The zero-order valence-corrected chi connectivity index (χ0v) is 11.1. The fourth-order valence-electron chi connectivity index (χ4n) is 1.58. The molecule has 2 rings (SSSR count). The number of aromatic nitrogens is 2. The van der Waals surface area contributed by atoms with Gasteiger partial charge in [-0.25, -0.2) is 9.37 Å². The molecular weight excluding hydrogens is 265 g/mol. The molecule has 0 bridgehead atoms. The molecule has 1 heterocycles. The van der Waals surface area contributed by atoms with Crippen LogP contribution in [0.5, 0.6) is 0 Å². The molecule has 4 nitrogen and oxygen atoms in total. The zero-order chi connectivity index (χ0) is 13.8. The predicted octanol–water partition coefficient (Wildman–Crippen LogP) is 2.22. The second-order valence-electron chi connectivity index (χ2n) is 3.96. The minimum Gasteiger partial charge on any atom is -0.390 e. The van der Waals surface area contributed by atoms with E-state index in [1.165, 1.54) is 17.8 Å². The first-order valence-electron chi connectivity index (χ1n) is 5.58. The van der Waals surface area contributed by atoms with Crippen molar-refractivity contribution < 1.29 is 9.50 Å². The van der Waals surface area contributed by atoms with Gasteiger partial charge in [0.15, 0.2) is 5.16 Å². The molecule has 0 aliphatic rings. The first-order valence-corrected chi connectivity index (χ1v) is 6.57. The zero-order valence-electron chi connectivity index (χ0n) is 10.3. The molecule has 0 amide bonds. The first kappa shape index (κ1) is 13.6. The summed E-state index contributed by atoms with van der Waals surface area (Å²) in [6.45, 7) is -0.0741. The summed E-state index contributed by atoms with van der Waals surface area (Å²) in [6, 6.07) is 6.33. The third kappa shape index (κ3) is 2.95. The Morgan fingerprint density at radius 3 is 2.89 bits per heavy atom. The van der Waals surface area contributed by atoms with Gasteiger partial charge in [-0.1, -0.05) is 17.8 Å². The van der Waals surface area contributed by atoms with E-state index in [1.807, 2.05) is 6.07 Å². The van der Waals surface area contributed by atoms with Crippen LogP contribution in [0.4, 0.5) is 4.39 Å². The number of nitrogens with zero attached hydrogens (tertiary/aromatic N) is 3. The second-order valence-corrected chi connectivity index (χ2v) is 4.90. The van der Waals surface area contributed by atoms with Crippen molar-refractivity contribution in [3.8, 4) is 6.07 Å². The van der Waals surface area contributed by atoms with Crippen molar-refractivity contribution >= 4 is 11.8 Å². The predicted molar refractivity (Wildman–Crippen MR) is 69.8 cm³/mol. The molecule has 0 aliphatic heterocycles. The minimum atomic E-state index is -0.386. The summed E-state index contributed by atoms with van der Waals surface area (Å²) >= 11 is 1.38. The van der Waals surface area contributed by atoms with Gasteiger partial charge in [-0.15, -0.1) is 0 Å². The number of thioether (sulfide) groups is 1. The molecule has 0 saturated carbocycles. The van der Waals surface area contributed by atoms with Gasteiger partial charge >= 0.3 is 0 Å². The summed E-state index contributed by atoms with van der Waals surface area (Å²) < 4.78 is 15.5. The number of rotatable bonds is 4. The third-order valence-electron chi connectivity index (χ3n) is 2.74. The van der Waals surface area contributed by atoms with Gasteiger partial charge in [-0.05, 0) is 17.7 Å². The number of nitriles is 1. The van der Waals surface area contributed by atoms with E-state index < -0.39 is 0 Å². The van der Waals surface area contributed by atoms with E-state index in [0.29, 0.717) is 27.7 Å². The SMILES string of the molecule is Cn1c(CO)cnc1SCc1ccc(C#N)cc1F. The Morgan fingerprint density at radius 2 is 2.32 bits per heavy atom. The quantitative estimate of drug-likeness (QED) is 0.870. The summed E-state index contributed by atoms with van der Waals surface area (Å²) in [7, 11) is 1.80. The summed E-state index contributed by atoms with van der Waals surface area (Å²) in [4.78, 5) is 4.16. The number of benzene rings is 1. The molecule has 0 spiro atoms. The normalized spacial score (nSPS) is 10.4. The van der Waals surface area contributed by atoms with Crippen LogP contribution in [0.1, 0.15) is 16.8 Å². The molecule has 98 valence electrons. The molecule has 1 aromatic carbocycles.